The summed E-state index contributed by atoms with van der Waals surface area (Å²) >= 11 is 0. The third kappa shape index (κ3) is 3.85. The van der Waals surface area contributed by atoms with Gasteiger partial charge in [0.05, 0.1) is 6.61 Å². The maximum atomic E-state index is 12.2. The fraction of sp³-hybridized carbons (Fsp3) is 0.333. The van der Waals surface area contributed by atoms with Gasteiger partial charge in [-0.15, -0.1) is 0 Å². The summed E-state index contributed by atoms with van der Waals surface area (Å²) in [7, 11) is 0. The molecule has 142 valence electrons. The average Bonchev–Trinajstić information content (AvgIpc) is 2.67. The molecule has 1 saturated heterocycles. The van der Waals surface area contributed by atoms with Crippen molar-refractivity contribution in [3.05, 3.63) is 68.5 Å². The van der Waals surface area contributed by atoms with Gasteiger partial charge in [-0.05, 0) is 12.1 Å². The van der Waals surface area contributed by atoms with Crippen LogP contribution in [0.4, 0.5) is 0 Å². The number of nitrogens with zero attached hydrogens (tertiary/aromatic N) is 1. The first kappa shape index (κ1) is 19.0. The van der Waals surface area contributed by atoms with Gasteiger partial charge >= 0.3 is 5.69 Å². The Morgan fingerprint density at radius 3 is 2.41 bits per heavy atom. The SMILES string of the molecule is O=c1[nH]c(=O)n([C@@H]2O[C@H](CO)[C@@H](O)[C@H](O)[C@H]2O)cc1C#Cc1ccccc1. The van der Waals surface area contributed by atoms with Gasteiger partial charge in [-0.2, -0.15) is 0 Å². The van der Waals surface area contributed by atoms with E-state index in [-0.39, 0.29) is 5.56 Å². The summed E-state index contributed by atoms with van der Waals surface area (Å²) in [6.07, 6.45) is -6.39. The highest BCUT2D eigenvalue weighted by Crippen LogP contribution is 2.27. The Morgan fingerprint density at radius 1 is 1.04 bits per heavy atom. The summed E-state index contributed by atoms with van der Waals surface area (Å²) in [6.45, 7) is -0.639. The van der Waals surface area contributed by atoms with Gasteiger partial charge in [0.1, 0.15) is 30.0 Å². The van der Waals surface area contributed by atoms with Crippen LogP contribution in [0.1, 0.15) is 17.4 Å². The Morgan fingerprint density at radius 2 is 1.74 bits per heavy atom. The first-order valence-corrected chi connectivity index (χ1v) is 8.15. The zero-order valence-electron chi connectivity index (χ0n) is 14.0. The summed E-state index contributed by atoms with van der Waals surface area (Å²) in [4.78, 5) is 26.2. The fourth-order valence-electron chi connectivity index (χ4n) is 2.74. The van der Waals surface area contributed by atoms with Crippen LogP contribution in [-0.2, 0) is 4.74 Å². The third-order valence-electron chi connectivity index (χ3n) is 4.22. The predicted molar refractivity (Wildman–Crippen MR) is 92.8 cm³/mol. The molecule has 2 heterocycles. The van der Waals surface area contributed by atoms with Crippen molar-refractivity contribution in [1.29, 1.82) is 0 Å². The molecule has 27 heavy (non-hydrogen) atoms. The van der Waals surface area contributed by atoms with E-state index in [1.807, 2.05) is 6.07 Å². The van der Waals surface area contributed by atoms with Crippen LogP contribution in [-0.4, -0.2) is 61.0 Å². The molecular weight excluding hydrogens is 356 g/mol. The molecule has 1 aliphatic heterocycles. The monoisotopic (exact) mass is 374 g/mol. The number of rotatable bonds is 2. The van der Waals surface area contributed by atoms with Gasteiger partial charge in [0.25, 0.3) is 5.56 Å². The highest BCUT2D eigenvalue weighted by atomic mass is 16.6. The number of nitrogens with one attached hydrogen (secondary N) is 1. The van der Waals surface area contributed by atoms with E-state index in [1.165, 1.54) is 0 Å². The van der Waals surface area contributed by atoms with Crippen LogP contribution < -0.4 is 11.2 Å². The normalized spacial score (nSPS) is 27.6. The lowest BCUT2D eigenvalue weighted by molar-refractivity contribution is -0.252. The number of aromatic amines is 1. The van der Waals surface area contributed by atoms with E-state index in [0.717, 1.165) is 10.8 Å². The summed E-state index contributed by atoms with van der Waals surface area (Å²) in [5, 5.41) is 39.2. The second kappa shape index (κ2) is 7.87. The van der Waals surface area contributed by atoms with Crippen molar-refractivity contribution < 1.29 is 25.2 Å². The van der Waals surface area contributed by atoms with Crippen molar-refractivity contribution >= 4 is 0 Å². The highest BCUT2D eigenvalue weighted by Gasteiger charge is 2.44. The van der Waals surface area contributed by atoms with E-state index in [0.29, 0.717) is 5.56 Å². The number of aliphatic hydroxyl groups excluding tert-OH is 4. The minimum atomic E-state index is -1.67. The van der Waals surface area contributed by atoms with Gasteiger partial charge in [-0.3, -0.25) is 14.3 Å². The molecule has 0 spiro atoms. The van der Waals surface area contributed by atoms with Crippen molar-refractivity contribution in [1.82, 2.24) is 9.55 Å². The molecule has 5 atom stereocenters. The third-order valence-corrected chi connectivity index (χ3v) is 4.22. The molecule has 3 rings (SSSR count). The van der Waals surface area contributed by atoms with Gasteiger partial charge in [0.15, 0.2) is 6.23 Å². The van der Waals surface area contributed by atoms with E-state index in [1.54, 1.807) is 24.3 Å². The summed E-state index contributed by atoms with van der Waals surface area (Å²) in [5.74, 6) is 5.42. The van der Waals surface area contributed by atoms with Crippen LogP contribution in [0.5, 0.6) is 0 Å². The van der Waals surface area contributed by atoms with Gasteiger partial charge in [0, 0.05) is 11.8 Å². The Hall–Kier alpha value is -2.74. The summed E-state index contributed by atoms with van der Waals surface area (Å²) in [5.41, 5.74) is -1.02. The lowest BCUT2D eigenvalue weighted by atomic mass is 9.98. The average molecular weight is 374 g/mol. The Balaban J connectivity index is 2.00. The van der Waals surface area contributed by atoms with E-state index in [9.17, 15) is 30.0 Å². The molecule has 0 unspecified atom stereocenters. The zero-order chi connectivity index (χ0) is 19.6. The molecular formula is C18H18N2O7. The van der Waals surface area contributed by atoms with Crippen LogP contribution in [0.3, 0.4) is 0 Å². The smallest absolute Gasteiger partial charge is 0.330 e. The Kier molecular flexibility index (Phi) is 5.55. The topological polar surface area (TPSA) is 145 Å². The number of hydrogen-bond donors (Lipinski definition) is 5. The number of aromatic nitrogens is 2. The second-order valence-electron chi connectivity index (χ2n) is 6.04. The number of ether oxygens (including phenoxy) is 1. The van der Waals surface area contributed by atoms with Crippen LogP contribution in [0.25, 0.3) is 0 Å². The number of benzene rings is 1. The number of hydrogen-bond acceptors (Lipinski definition) is 7. The Labute approximate surface area is 153 Å². The first-order chi connectivity index (χ1) is 12.9. The molecule has 0 amide bonds. The zero-order valence-corrected chi connectivity index (χ0v) is 14.0. The maximum absolute atomic E-state index is 12.2. The molecule has 0 bridgehead atoms. The van der Waals surface area contributed by atoms with E-state index < -0.39 is 48.5 Å². The standard InChI is InChI=1S/C18H18N2O7/c21-9-12-13(22)14(23)15(24)17(27-12)20-8-11(16(25)19-18(20)26)7-6-10-4-2-1-3-5-10/h1-5,8,12-15,17,21-24H,9H2,(H,19,25,26)/t12-,13-,14+,15-,17-/m1/s1. The molecule has 2 aromatic rings. The molecule has 1 aromatic heterocycles. The molecule has 0 radical (unpaired) electrons. The second-order valence-corrected chi connectivity index (χ2v) is 6.04. The van der Waals surface area contributed by atoms with Crippen molar-refractivity contribution in [3.63, 3.8) is 0 Å². The number of aliphatic hydroxyl groups is 4. The van der Waals surface area contributed by atoms with Gasteiger partial charge in [-0.1, -0.05) is 30.0 Å². The molecule has 9 heteroatoms. The van der Waals surface area contributed by atoms with Crippen LogP contribution in [0, 0.1) is 11.8 Å². The molecule has 5 N–H and O–H groups in total. The fourth-order valence-corrected chi connectivity index (χ4v) is 2.74. The molecule has 0 aliphatic carbocycles. The minimum absolute atomic E-state index is 0.0598. The van der Waals surface area contributed by atoms with Gasteiger partial charge in [-0.25, -0.2) is 4.79 Å². The van der Waals surface area contributed by atoms with Gasteiger partial charge in [0.2, 0.25) is 0 Å². The van der Waals surface area contributed by atoms with Gasteiger partial charge < -0.3 is 25.2 Å². The molecule has 0 saturated carbocycles. The van der Waals surface area contributed by atoms with Crippen LogP contribution in [0.2, 0.25) is 0 Å². The number of H-pyrrole nitrogens is 1. The van der Waals surface area contributed by atoms with Crippen molar-refractivity contribution in [2.45, 2.75) is 30.6 Å². The van der Waals surface area contributed by atoms with Crippen LogP contribution >= 0.6 is 0 Å². The first-order valence-electron chi connectivity index (χ1n) is 8.15. The van der Waals surface area contributed by atoms with Crippen molar-refractivity contribution in [2.75, 3.05) is 6.61 Å². The van der Waals surface area contributed by atoms with Crippen LogP contribution in [0.15, 0.2) is 46.1 Å². The largest absolute Gasteiger partial charge is 0.394 e. The lowest BCUT2D eigenvalue weighted by Crippen LogP contribution is -2.58. The van der Waals surface area contributed by atoms with Crippen molar-refractivity contribution in [2.24, 2.45) is 0 Å². The lowest BCUT2D eigenvalue weighted by Gasteiger charge is -2.40. The summed E-state index contributed by atoms with van der Waals surface area (Å²) in [6, 6.07) is 8.87. The highest BCUT2D eigenvalue weighted by molar-refractivity contribution is 5.40. The summed E-state index contributed by atoms with van der Waals surface area (Å²) < 4.78 is 6.20. The molecule has 1 fully saturated rings. The Bertz CT molecular complexity index is 971. The predicted octanol–water partition coefficient (Wildman–Crippen LogP) is -2.09. The minimum Gasteiger partial charge on any atom is -0.394 e. The quantitative estimate of drug-likeness (QED) is 0.379. The van der Waals surface area contributed by atoms with E-state index in [4.69, 9.17) is 4.74 Å². The molecule has 1 aromatic carbocycles. The van der Waals surface area contributed by atoms with Crippen molar-refractivity contribution in [3.8, 4) is 11.8 Å². The van der Waals surface area contributed by atoms with E-state index >= 15 is 0 Å². The molecule has 1 aliphatic rings. The van der Waals surface area contributed by atoms with E-state index in [2.05, 4.69) is 16.8 Å². The maximum Gasteiger partial charge on any atom is 0.330 e. The molecule has 9 nitrogen and oxygen atoms in total.